The van der Waals surface area contributed by atoms with Gasteiger partial charge in [0, 0.05) is 25.9 Å². The summed E-state index contributed by atoms with van der Waals surface area (Å²) in [6.45, 7) is 0.169. The second-order valence-corrected chi connectivity index (χ2v) is 5.54. The van der Waals surface area contributed by atoms with Crippen LogP contribution in [0.25, 0.3) is 0 Å². The number of alkyl halides is 3. The van der Waals surface area contributed by atoms with E-state index in [1.807, 2.05) is 0 Å². The van der Waals surface area contributed by atoms with Gasteiger partial charge in [-0.05, 0) is 6.42 Å². The van der Waals surface area contributed by atoms with Crippen LogP contribution in [0.5, 0.6) is 0 Å². The zero-order chi connectivity index (χ0) is 12.5. The summed E-state index contributed by atoms with van der Waals surface area (Å²) in [4.78, 5) is 13.4. The normalized spacial score (nSPS) is 47.2. The molecule has 1 aliphatic carbocycles. The molecule has 0 bridgehead atoms. The van der Waals surface area contributed by atoms with Gasteiger partial charge in [-0.2, -0.15) is 0 Å². The average Bonchev–Trinajstić information content (AvgIpc) is 2.54. The molecule has 0 radical (unpaired) electrons. The van der Waals surface area contributed by atoms with Crippen LogP contribution in [0.15, 0.2) is 0 Å². The summed E-state index contributed by atoms with van der Waals surface area (Å²) in [6.07, 6.45) is -1.30. The number of methoxy groups -OCH3 is 1. The highest BCUT2D eigenvalue weighted by molar-refractivity contribution is 5.82. The van der Waals surface area contributed by atoms with Gasteiger partial charge >= 0.3 is 5.97 Å². The molecule has 0 aromatic carbocycles. The summed E-state index contributed by atoms with van der Waals surface area (Å²) < 4.78 is 44.8. The lowest BCUT2D eigenvalue weighted by atomic mass is 9.88. The highest BCUT2D eigenvalue weighted by Crippen LogP contribution is 2.69. The number of hydrogen-bond donors (Lipinski definition) is 0. The predicted octanol–water partition coefficient (Wildman–Crippen LogP) is 1.37. The van der Waals surface area contributed by atoms with E-state index < -0.39 is 29.0 Å². The van der Waals surface area contributed by atoms with Gasteiger partial charge in [0.05, 0.1) is 12.5 Å². The Labute approximate surface area is 96.9 Å². The van der Waals surface area contributed by atoms with Gasteiger partial charge in [0.15, 0.2) is 0 Å². The largest absolute Gasteiger partial charge is 0.468 e. The van der Waals surface area contributed by atoms with Gasteiger partial charge in [-0.25, -0.2) is 13.2 Å². The van der Waals surface area contributed by atoms with Crippen LogP contribution in [0.3, 0.4) is 0 Å². The van der Waals surface area contributed by atoms with Crippen LogP contribution in [0.1, 0.15) is 19.3 Å². The summed E-state index contributed by atoms with van der Waals surface area (Å²) in [5, 5.41) is 0. The molecular weight excluding hydrogens is 235 g/mol. The zero-order valence-corrected chi connectivity index (χ0v) is 9.51. The molecule has 0 aromatic heterocycles. The number of nitrogens with zero attached hydrogens (tertiary/aromatic N) is 1. The van der Waals surface area contributed by atoms with Crippen molar-refractivity contribution in [2.75, 3.05) is 20.2 Å². The fourth-order valence-corrected chi connectivity index (χ4v) is 3.57. The minimum absolute atomic E-state index is 0.0164. The number of carbonyl (C=O) groups is 1. The monoisotopic (exact) mass is 249 g/mol. The minimum atomic E-state index is -2.70. The highest BCUT2D eigenvalue weighted by atomic mass is 19.3. The van der Waals surface area contributed by atoms with Gasteiger partial charge in [0.1, 0.15) is 11.7 Å². The van der Waals surface area contributed by atoms with Crippen LogP contribution < -0.4 is 0 Å². The molecule has 0 unspecified atom stereocenters. The van der Waals surface area contributed by atoms with E-state index in [0.717, 1.165) is 0 Å². The van der Waals surface area contributed by atoms with Crippen molar-refractivity contribution in [3.8, 4) is 0 Å². The van der Waals surface area contributed by atoms with E-state index in [1.54, 1.807) is 4.90 Å². The van der Waals surface area contributed by atoms with Gasteiger partial charge in [-0.15, -0.1) is 0 Å². The summed E-state index contributed by atoms with van der Waals surface area (Å²) in [6, 6.07) is 0. The lowest BCUT2D eigenvalue weighted by Gasteiger charge is -2.27. The molecule has 1 spiro atoms. The predicted molar refractivity (Wildman–Crippen MR) is 52.4 cm³/mol. The van der Waals surface area contributed by atoms with Crippen LogP contribution in [0.4, 0.5) is 13.2 Å². The van der Waals surface area contributed by atoms with E-state index >= 15 is 0 Å². The molecule has 0 amide bonds. The van der Waals surface area contributed by atoms with Crippen molar-refractivity contribution in [3.05, 3.63) is 0 Å². The van der Waals surface area contributed by atoms with Crippen LogP contribution >= 0.6 is 0 Å². The van der Waals surface area contributed by atoms with Crippen molar-refractivity contribution >= 4 is 5.97 Å². The number of fused-ring (bicyclic) bond motifs is 1. The van der Waals surface area contributed by atoms with Crippen LogP contribution in [0.2, 0.25) is 0 Å². The zero-order valence-electron chi connectivity index (χ0n) is 9.51. The van der Waals surface area contributed by atoms with E-state index in [4.69, 9.17) is 0 Å². The Hall–Kier alpha value is -0.780. The lowest BCUT2D eigenvalue weighted by molar-refractivity contribution is -0.152. The summed E-state index contributed by atoms with van der Waals surface area (Å²) in [7, 11) is 1.22. The first-order valence-corrected chi connectivity index (χ1v) is 5.71. The summed E-state index contributed by atoms with van der Waals surface area (Å²) in [5.74, 6) is -3.28. The Kier molecular flexibility index (Phi) is 1.97. The van der Waals surface area contributed by atoms with Crippen LogP contribution in [0, 0.1) is 5.41 Å². The number of hydrogen-bond acceptors (Lipinski definition) is 3. The molecule has 3 aliphatic rings. The molecule has 2 aliphatic heterocycles. The molecule has 6 heteroatoms. The van der Waals surface area contributed by atoms with Gasteiger partial charge in [0.2, 0.25) is 0 Å². The second-order valence-electron chi connectivity index (χ2n) is 5.54. The standard InChI is InChI=1S/C11H14F3NO2/c1-17-8(16)10-2-7(12)3-15(10)6-9(4-10)5-11(9,13)14/h7H,2-6H2,1H3/t7-,9+,10-/m1/s1. The topological polar surface area (TPSA) is 29.5 Å². The SMILES string of the molecule is COC(=O)[C@]12C[C@@H](F)CN1C[C@@]1(CC1(F)F)C2. The first kappa shape index (κ1) is 11.3. The van der Waals surface area contributed by atoms with Crippen molar-refractivity contribution < 1.29 is 22.7 Å². The first-order valence-electron chi connectivity index (χ1n) is 5.71. The Bertz CT molecular complexity index is 389. The van der Waals surface area contributed by atoms with Crippen molar-refractivity contribution in [1.82, 2.24) is 4.90 Å². The third-order valence-corrected chi connectivity index (χ3v) is 4.48. The molecule has 96 valence electrons. The molecule has 2 heterocycles. The van der Waals surface area contributed by atoms with Crippen molar-refractivity contribution in [2.24, 2.45) is 5.41 Å². The van der Waals surface area contributed by atoms with Gasteiger partial charge in [-0.3, -0.25) is 9.69 Å². The highest BCUT2D eigenvalue weighted by Gasteiger charge is 2.79. The molecule has 3 atom stereocenters. The summed E-state index contributed by atoms with van der Waals surface area (Å²) >= 11 is 0. The maximum Gasteiger partial charge on any atom is 0.326 e. The number of halogens is 3. The Morgan fingerprint density at radius 3 is 2.59 bits per heavy atom. The van der Waals surface area contributed by atoms with Crippen LogP contribution in [-0.2, 0) is 9.53 Å². The molecule has 1 saturated carbocycles. The number of carbonyl (C=O) groups excluding carboxylic acids is 1. The van der Waals surface area contributed by atoms with Crippen molar-refractivity contribution in [1.29, 1.82) is 0 Å². The molecule has 3 rings (SSSR count). The number of esters is 1. The first-order chi connectivity index (χ1) is 7.85. The third-order valence-electron chi connectivity index (χ3n) is 4.48. The number of rotatable bonds is 1. The van der Waals surface area contributed by atoms with E-state index in [9.17, 15) is 18.0 Å². The maximum atomic E-state index is 13.4. The lowest BCUT2D eigenvalue weighted by Crippen LogP contribution is -2.46. The Balaban J connectivity index is 1.92. The molecule has 17 heavy (non-hydrogen) atoms. The fraction of sp³-hybridized carbons (Fsp3) is 0.909. The number of ether oxygens (including phenoxy) is 1. The summed E-state index contributed by atoms with van der Waals surface area (Å²) in [5.41, 5.74) is -2.25. The minimum Gasteiger partial charge on any atom is -0.468 e. The molecule has 3 fully saturated rings. The molecule has 2 saturated heterocycles. The Morgan fingerprint density at radius 1 is 1.41 bits per heavy atom. The second kappa shape index (κ2) is 2.96. The smallest absolute Gasteiger partial charge is 0.326 e. The van der Waals surface area contributed by atoms with Crippen molar-refractivity contribution in [3.63, 3.8) is 0 Å². The van der Waals surface area contributed by atoms with E-state index in [-0.39, 0.29) is 32.4 Å². The van der Waals surface area contributed by atoms with Crippen LogP contribution in [-0.4, -0.2) is 48.7 Å². The van der Waals surface area contributed by atoms with Gasteiger partial charge in [-0.1, -0.05) is 0 Å². The molecule has 0 N–H and O–H groups in total. The quantitative estimate of drug-likeness (QED) is 0.657. The third kappa shape index (κ3) is 1.25. The maximum absolute atomic E-state index is 13.4. The molecule has 3 nitrogen and oxygen atoms in total. The van der Waals surface area contributed by atoms with E-state index in [0.29, 0.717) is 0 Å². The Morgan fingerprint density at radius 2 is 2.06 bits per heavy atom. The molecular formula is C11H14F3NO2. The van der Waals surface area contributed by atoms with Gasteiger partial charge < -0.3 is 4.74 Å². The van der Waals surface area contributed by atoms with E-state index in [2.05, 4.69) is 4.74 Å². The van der Waals surface area contributed by atoms with E-state index in [1.165, 1.54) is 7.11 Å². The average molecular weight is 249 g/mol. The van der Waals surface area contributed by atoms with Crippen molar-refractivity contribution in [2.45, 2.75) is 36.9 Å². The van der Waals surface area contributed by atoms with Gasteiger partial charge in [0.25, 0.3) is 5.92 Å². The fourth-order valence-electron chi connectivity index (χ4n) is 3.57. The molecule has 0 aromatic rings.